The highest BCUT2D eigenvalue weighted by atomic mass is 35.5. The summed E-state index contributed by atoms with van der Waals surface area (Å²) in [6.45, 7) is 4.85. The van der Waals surface area contributed by atoms with E-state index in [4.69, 9.17) is 23.2 Å². The number of halogens is 2. The second kappa shape index (κ2) is 8.86. The van der Waals surface area contributed by atoms with Crippen LogP contribution in [0.5, 0.6) is 0 Å². The average molecular weight is 500 g/mol. The van der Waals surface area contributed by atoms with E-state index in [0.29, 0.717) is 41.0 Å². The van der Waals surface area contributed by atoms with Gasteiger partial charge in [0.25, 0.3) is 0 Å². The van der Waals surface area contributed by atoms with Crippen LogP contribution >= 0.6 is 45.3 Å². The second-order valence-electron chi connectivity index (χ2n) is 7.74. The Morgan fingerprint density at radius 1 is 1.16 bits per heavy atom. The smallest absolute Gasteiger partial charge is 0.229 e. The highest BCUT2D eigenvalue weighted by Crippen LogP contribution is 2.53. The van der Waals surface area contributed by atoms with Gasteiger partial charge in [0, 0.05) is 19.0 Å². The van der Waals surface area contributed by atoms with Crippen LogP contribution in [0.15, 0.2) is 35.2 Å². The molecule has 1 fully saturated rings. The molecule has 1 aliphatic rings. The van der Waals surface area contributed by atoms with Crippen molar-refractivity contribution in [2.24, 2.45) is 5.92 Å². The van der Waals surface area contributed by atoms with Gasteiger partial charge in [-0.15, -0.1) is 10.8 Å². The number of aryl methyl sites for hydroxylation is 2. The number of amides is 1. The van der Waals surface area contributed by atoms with Crippen LogP contribution in [-0.4, -0.2) is 37.4 Å². The molecule has 0 bridgehead atoms. The molecule has 0 saturated carbocycles. The molecule has 10 heteroatoms. The van der Waals surface area contributed by atoms with Crippen LogP contribution in [0.1, 0.15) is 24.0 Å². The van der Waals surface area contributed by atoms with Gasteiger partial charge in [-0.3, -0.25) is 13.9 Å². The third-order valence-corrected chi connectivity index (χ3v) is 9.27. The van der Waals surface area contributed by atoms with Crippen LogP contribution in [0.3, 0.4) is 0 Å². The molecule has 4 rings (SSSR count). The standard InChI is InChI=1S/C21H23Cl2N3O3S2/c1-12-9-13(2)19-18(10-12)24-21(30-19)25-20(27)14-5-7-26(8-6-14)31(28,29)15-3-4-16(22)17(23)11-15/h3-4,9-11,14,28-29H,5-8H2,1-2H3,(H,24,25,27). The fourth-order valence-corrected chi connectivity index (χ4v) is 6.63. The number of piperidine rings is 1. The Morgan fingerprint density at radius 3 is 2.55 bits per heavy atom. The predicted molar refractivity (Wildman–Crippen MR) is 130 cm³/mol. The number of nitrogens with one attached hydrogen (secondary N) is 1. The Bertz CT molecular complexity index is 1140. The average Bonchev–Trinajstić information content (AvgIpc) is 3.12. The van der Waals surface area contributed by atoms with Crippen molar-refractivity contribution in [2.45, 2.75) is 31.6 Å². The van der Waals surface area contributed by atoms with Crippen molar-refractivity contribution in [2.75, 3.05) is 18.4 Å². The van der Waals surface area contributed by atoms with E-state index < -0.39 is 10.8 Å². The number of rotatable bonds is 4. The summed E-state index contributed by atoms with van der Waals surface area (Å²) in [6, 6.07) is 8.72. The molecular formula is C21H23Cl2N3O3S2. The number of fused-ring (bicyclic) bond motifs is 1. The highest BCUT2D eigenvalue weighted by Gasteiger charge is 2.33. The Labute approximate surface area is 196 Å². The summed E-state index contributed by atoms with van der Waals surface area (Å²) in [4.78, 5) is 17.7. The van der Waals surface area contributed by atoms with E-state index in [2.05, 4.69) is 16.4 Å². The summed E-state index contributed by atoms with van der Waals surface area (Å²) in [5.41, 5.74) is 3.18. The molecule has 0 radical (unpaired) electrons. The maximum absolute atomic E-state index is 12.8. The van der Waals surface area contributed by atoms with Crippen LogP contribution in [-0.2, 0) is 4.79 Å². The summed E-state index contributed by atoms with van der Waals surface area (Å²) >= 11 is 13.4. The first-order valence-corrected chi connectivity index (χ1v) is 12.9. The molecule has 0 atom stereocenters. The van der Waals surface area contributed by atoms with E-state index in [1.807, 2.05) is 19.9 Å². The second-order valence-corrected chi connectivity index (χ2v) is 11.6. The van der Waals surface area contributed by atoms with Crippen LogP contribution in [0.25, 0.3) is 10.2 Å². The third-order valence-electron chi connectivity index (χ3n) is 5.44. The highest BCUT2D eigenvalue weighted by molar-refractivity contribution is 8.22. The molecule has 1 saturated heterocycles. The summed E-state index contributed by atoms with van der Waals surface area (Å²) in [7, 11) is -3.19. The van der Waals surface area contributed by atoms with Crippen LogP contribution in [0, 0.1) is 19.8 Å². The van der Waals surface area contributed by atoms with E-state index in [1.165, 1.54) is 17.4 Å². The predicted octanol–water partition coefficient (Wildman–Crippen LogP) is 6.60. The van der Waals surface area contributed by atoms with Gasteiger partial charge in [0.15, 0.2) is 5.13 Å². The van der Waals surface area contributed by atoms with Crippen molar-refractivity contribution >= 4 is 66.6 Å². The molecule has 3 N–H and O–H groups in total. The van der Waals surface area contributed by atoms with Crippen LogP contribution in [0.4, 0.5) is 5.13 Å². The van der Waals surface area contributed by atoms with Crippen molar-refractivity contribution < 1.29 is 13.9 Å². The summed E-state index contributed by atoms with van der Waals surface area (Å²) in [5.74, 6) is -0.297. The molecule has 2 heterocycles. The molecule has 2 aromatic carbocycles. The van der Waals surface area contributed by atoms with Crippen molar-refractivity contribution in [3.63, 3.8) is 0 Å². The minimum atomic E-state index is -3.19. The summed E-state index contributed by atoms with van der Waals surface area (Å²) in [6.07, 6.45) is 1.04. The Hall–Kier alpha value is -1.39. The molecule has 0 unspecified atom stereocenters. The lowest BCUT2D eigenvalue weighted by Crippen LogP contribution is -2.39. The zero-order chi connectivity index (χ0) is 22.3. The van der Waals surface area contributed by atoms with Crippen molar-refractivity contribution in [3.05, 3.63) is 51.5 Å². The molecule has 0 spiro atoms. The molecule has 1 aliphatic heterocycles. The SMILES string of the molecule is Cc1cc(C)c2sc(NC(=O)C3CCN(S(O)(O)c4ccc(Cl)c(Cl)c4)CC3)nc2c1. The quantitative estimate of drug-likeness (QED) is 0.376. The zero-order valence-electron chi connectivity index (χ0n) is 17.1. The maximum atomic E-state index is 12.8. The molecule has 3 aromatic rings. The number of hydrogen-bond donors (Lipinski definition) is 3. The number of nitrogens with zero attached hydrogens (tertiary/aromatic N) is 2. The molecular weight excluding hydrogens is 477 g/mol. The van der Waals surface area contributed by atoms with Gasteiger partial charge in [-0.25, -0.2) is 9.29 Å². The fraction of sp³-hybridized carbons (Fsp3) is 0.333. The number of carbonyl (C=O) groups excluding carboxylic acids is 1. The zero-order valence-corrected chi connectivity index (χ0v) is 20.2. The topological polar surface area (TPSA) is 85.7 Å². The molecule has 6 nitrogen and oxygen atoms in total. The minimum absolute atomic E-state index is 0.0842. The van der Waals surface area contributed by atoms with Gasteiger partial charge < -0.3 is 5.32 Å². The lowest BCUT2D eigenvalue weighted by molar-refractivity contribution is -0.120. The van der Waals surface area contributed by atoms with Gasteiger partial charge in [-0.05, 0) is 62.1 Å². The van der Waals surface area contributed by atoms with E-state index >= 15 is 0 Å². The third kappa shape index (κ3) is 4.71. The van der Waals surface area contributed by atoms with E-state index in [1.54, 1.807) is 16.4 Å². The van der Waals surface area contributed by atoms with Crippen molar-refractivity contribution in [1.82, 2.24) is 9.29 Å². The van der Waals surface area contributed by atoms with Gasteiger partial charge in [-0.2, -0.15) is 0 Å². The molecule has 31 heavy (non-hydrogen) atoms. The van der Waals surface area contributed by atoms with E-state index in [-0.39, 0.29) is 16.8 Å². The van der Waals surface area contributed by atoms with Gasteiger partial charge in [0.05, 0.1) is 25.2 Å². The lowest BCUT2D eigenvalue weighted by Gasteiger charge is -2.45. The van der Waals surface area contributed by atoms with Crippen LogP contribution in [0.2, 0.25) is 10.0 Å². The minimum Gasteiger partial charge on any atom is -0.302 e. The number of carbonyl (C=O) groups is 1. The molecule has 1 aromatic heterocycles. The monoisotopic (exact) mass is 499 g/mol. The number of aromatic nitrogens is 1. The Balaban J connectivity index is 1.40. The van der Waals surface area contributed by atoms with Gasteiger partial charge in [0.1, 0.15) is 0 Å². The summed E-state index contributed by atoms with van der Waals surface area (Å²) in [5, 5.41) is 4.17. The first kappa shape index (κ1) is 22.8. The van der Waals surface area contributed by atoms with Gasteiger partial charge >= 0.3 is 0 Å². The maximum Gasteiger partial charge on any atom is 0.229 e. The number of anilines is 1. The molecule has 1 amide bonds. The van der Waals surface area contributed by atoms with Crippen molar-refractivity contribution in [1.29, 1.82) is 0 Å². The Morgan fingerprint density at radius 2 is 1.87 bits per heavy atom. The molecule has 0 aliphatic carbocycles. The fourth-order valence-electron chi connectivity index (χ4n) is 3.81. The summed E-state index contributed by atoms with van der Waals surface area (Å²) < 4.78 is 24.2. The van der Waals surface area contributed by atoms with E-state index in [0.717, 1.165) is 21.3 Å². The molecule has 166 valence electrons. The van der Waals surface area contributed by atoms with Gasteiger partial charge in [0.2, 0.25) is 5.91 Å². The van der Waals surface area contributed by atoms with Crippen LogP contribution < -0.4 is 5.32 Å². The lowest BCUT2D eigenvalue weighted by atomic mass is 9.97. The first-order chi connectivity index (χ1) is 14.6. The number of hydrogen-bond acceptors (Lipinski definition) is 6. The van der Waals surface area contributed by atoms with Gasteiger partial charge in [-0.1, -0.05) is 40.6 Å². The van der Waals surface area contributed by atoms with E-state index in [9.17, 15) is 13.9 Å². The van der Waals surface area contributed by atoms with Crippen molar-refractivity contribution in [3.8, 4) is 0 Å². The number of thiazole rings is 1. The number of benzene rings is 2. The Kier molecular flexibility index (Phi) is 6.52. The largest absolute Gasteiger partial charge is 0.302 e. The normalized spacial score (nSPS) is 16.6. The first-order valence-electron chi connectivity index (χ1n) is 9.82.